The summed E-state index contributed by atoms with van der Waals surface area (Å²) in [4.78, 5) is 12.8. The van der Waals surface area contributed by atoms with Crippen molar-refractivity contribution in [1.82, 2.24) is 19.5 Å². The van der Waals surface area contributed by atoms with Crippen LogP contribution in [0.3, 0.4) is 0 Å². The third kappa shape index (κ3) is 3.81. The molecule has 6 nitrogen and oxygen atoms in total. The molecule has 0 atom stereocenters. The van der Waals surface area contributed by atoms with E-state index in [0.29, 0.717) is 17.7 Å². The topological polar surface area (TPSA) is 62.1 Å². The second kappa shape index (κ2) is 6.58. The van der Waals surface area contributed by atoms with E-state index in [9.17, 15) is 13.2 Å². The van der Waals surface area contributed by atoms with E-state index < -0.39 is 6.36 Å². The molecule has 3 aromatic rings. The summed E-state index contributed by atoms with van der Waals surface area (Å²) < 4.78 is 48.2. The number of rotatable bonds is 5. The standard InChI is InChI=1S/C16H15F3N4O2/c1-3-13-21-12-9-20-15(22-14(12)23(13)4-2)24-10-6-5-7-11(8-10)25-16(17,18)19/h5-9H,3-4H2,1-2H3. The molecule has 0 aliphatic heterocycles. The van der Waals surface area contributed by atoms with Gasteiger partial charge in [0.2, 0.25) is 0 Å². The first-order chi connectivity index (χ1) is 11.9. The molecule has 0 aliphatic rings. The zero-order valence-corrected chi connectivity index (χ0v) is 13.5. The summed E-state index contributed by atoms with van der Waals surface area (Å²) >= 11 is 0. The Kier molecular flexibility index (Phi) is 4.47. The Bertz CT molecular complexity index is 893. The van der Waals surface area contributed by atoms with Crippen LogP contribution >= 0.6 is 0 Å². The molecule has 0 fully saturated rings. The average molecular weight is 352 g/mol. The molecule has 9 heteroatoms. The maximum absolute atomic E-state index is 12.3. The molecule has 1 aromatic carbocycles. The zero-order chi connectivity index (χ0) is 18.0. The SMILES string of the molecule is CCc1nc2cnc(Oc3cccc(OC(F)(F)F)c3)nc2n1CC. The van der Waals surface area contributed by atoms with E-state index >= 15 is 0 Å². The van der Waals surface area contributed by atoms with E-state index in [1.807, 2.05) is 18.4 Å². The summed E-state index contributed by atoms with van der Waals surface area (Å²) in [6.07, 6.45) is -2.49. The molecule has 0 radical (unpaired) electrons. The molecule has 0 bridgehead atoms. The quantitative estimate of drug-likeness (QED) is 0.692. The third-order valence-electron chi connectivity index (χ3n) is 3.43. The molecule has 0 unspecified atom stereocenters. The maximum atomic E-state index is 12.3. The number of aromatic nitrogens is 4. The normalized spacial score (nSPS) is 11.7. The van der Waals surface area contributed by atoms with Crippen LogP contribution in [0.15, 0.2) is 30.5 Å². The first kappa shape index (κ1) is 17.0. The van der Waals surface area contributed by atoms with Gasteiger partial charge in [0, 0.05) is 19.0 Å². The molecular weight excluding hydrogens is 337 g/mol. The van der Waals surface area contributed by atoms with E-state index in [1.165, 1.54) is 24.4 Å². The molecule has 0 amide bonds. The molecule has 2 aromatic heterocycles. The lowest BCUT2D eigenvalue weighted by Crippen LogP contribution is -2.17. The smallest absolute Gasteiger partial charge is 0.424 e. The molecule has 0 spiro atoms. The lowest BCUT2D eigenvalue weighted by atomic mass is 10.3. The molecule has 132 valence electrons. The van der Waals surface area contributed by atoms with Gasteiger partial charge < -0.3 is 14.0 Å². The first-order valence-corrected chi connectivity index (χ1v) is 7.65. The van der Waals surface area contributed by atoms with Crippen molar-refractivity contribution in [2.24, 2.45) is 0 Å². The number of alkyl halides is 3. The van der Waals surface area contributed by atoms with Crippen LogP contribution in [0, 0.1) is 0 Å². The summed E-state index contributed by atoms with van der Waals surface area (Å²) in [6, 6.07) is 5.21. The van der Waals surface area contributed by atoms with Gasteiger partial charge in [0.1, 0.15) is 22.8 Å². The van der Waals surface area contributed by atoms with Crippen LogP contribution in [-0.4, -0.2) is 25.9 Å². The summed E-state index contributed by atoms with van der Waals surface area (Å²) in [6.45, 7) is 4.65. The highest BCUT2D eigenvalue weighted by Crippen LogP contribution is 2.28. The van der Waals surface area contributed by atoms with Gasteiger partial charge in [0.15, 0.2) is 5.65 Å². The summed E-state index contributed by atoms with van der Waals surface area (Å²) in [7, 11) is 0. The van der Waals surface area contributed by atoms with Crippen LogP contribution in [0.2, 0.25) is 0 Å². The van der Waals surface area contributed by atoms with Crippen LogP contribution in [0.4, 0.5) is 13.2 Å². The van der Waals surface area contributed by atoms with Crippen molar-refractivity contribution in [3.63, 3.8) is 0 Å². The average Bonchev–Trinajstić information content (AvgIpc) is 2.90. The molecule has 25 heavy (non-hydrogen) atoms. The van der Waals surface area contributed by atoms with Crippen LogP contribution in [0.5, 0.6) is 17.5 Å². The van der Waals surface area contributed by atoms with Crippen molar-refractivity contribution >= 4 is 11.2 Å². The van der Waals surface area contributed by atoms with Gasteiger partial charge in [-0.05, 0) is 19.1 Å². The molecule has 2 heterocycles. The van der Waals surface area contributed by atoms with Crippen LogP contribution < -0.4 is 9.47 Å². The highest BCUT2D eigenvalue weighted by Gasteiger charge is 2.31. The molecule has 0 saturated carbocycles. The minimum Gasteiger partial charge on any atom is -0.424 e. The van der Waals surface area contributed by atoms with Crippen LogP contribution in [0.25, 0.3) is 11.2 Å². The van der Waals surface area contributed by atoms with Crippen LogP contribution in [0.1, 0.15) is 19.7 Å². The predicted octanol–water partition coefficient (Wildman–Crippen LogP) is 4.10. The third-order valence-corrected chi connectivity index (χ3v) is 3.43. The monoisotopic (exact) mass is 352 g/mol. The molecule has 0 aliphatic carbocycles. The number of fused-ring (bicyclic) bond motifs is 1. The number of hydrogen-bond donors (Lipinski definition) is 0. The largest absolute Gasteiger partial charge is 0.573 e. The van der Waals surface area contributed by atoms with Crippen molar-refractivity contribution in [3.8, 4) is 17.5 Å². The molecular formula is C16H15F3N4O2. The zero-order valence-electron chi connectivity index (χ0n) is 13.5. The number of nitrogens with zero attached hydrogens (tertiary/aromatic N) is 4. The molecule has 0 N–H and O–H groups in total. The van der Waals surface area contributed by atoms with Gasteiger partial charge in [-0.3, -0.25) is 0 Å². The summed E-state index contributed by atoms with van der Waals surface area (Å²) in [5, 5.41) is 0. The van der Waals surface area contributed by atoms with E-state index in [1.54, 1.807) is 0 Å². The summed E-state index contributed by atoms with van der Waals surface area (Å²) in [5.74, 6) is 0.641. The minimum absolute atomic E-state index is 0.0221. The van der Waals surface area contributed by atoms with E-state index in [-0.39, 0.29) is 17.5 Å². The fourth-order valence-electron chi connectivity index (χ4n) is 2.44. The molecule has 3 rings (SSSR count). The Morgan fingerprint density at radius 1 is 1.12 bits per heavy atom. The van der Waals surface area contributed by atoms with Gasteiger partial charge >= 0.3 is 12.4 Å². The number of benzene rings is 1. The number of imidazole rings is 1. The minimum atomic E-state index is -4.77. The van der Waals surface area contributed by atoms with Gasteiger partial charge in [-0.15, -0.1) is 13.2 Å². The Labute approximate surface area is 141 Å². The van der Waals surface area contributed by atoms with Crippen molar-refractivity contribution < 1.29 is 22.6 Å². The Morgan fingerprint density at radius 3 is 2.56 bits per heavy atom. The van der Waals surface area contributed by atoms with Gasteiger partial charge in [0.25, 0.3) is 0 Å². The fourth-order valence-corrected chi connectivity index (χ4v) is 2.44. The lowest BCUT2D eigenvalue weighted by Gasteiger charge is -2.10. The van der Waals surface area contributed by atoms with Gasteiger partial charge in [-0.2, -0.15) is 4.98 Å². The highest BCUT2D eigenvalue weighted by atomic mass is 19.4. The maximum Gasteiger partial charge on any atom is 0.573 e. The van der Waals surface area contributed by atoms with Crippen molar-refractivity contribution in [1.29, 1.82) is 0 Å². The van der Waals surface area contributed by atoms with Gasteiger partial charge in [0.05, 0.1) is 6.20 Å². The fraction of sp³-hybridized carbons (Fsp3) is 0.312. The first-order valence-electron chi connectivity index (χ1n) is 7.65. The highest BCUT2D eigenvalue weighted by molar-refractivity contribution is 5.70. The number of ether oxygens (including phenoxy) is 2. The number of aryl methyl sites for hydroxylation is 2. The van der Waals surface area contributed by atoms with Crippen molar-refractivity contribution in [3.05, 3.63) is 36.3 Å². The Morgan fingerprint density at radius 2 is 1.88 bits per heavy atom. The van der Waals surface area contributed by atoms with E-state index in [0.717, 1.165) is 18.3 Å². The second-order valence-corrected chi connectivity index (χ2v) is 5.11. The summed E-state index contributed by atoms with van der Waals surface area (Å²) in [5.41, 5.74) is 1.26. The van der Waals surface area contributed by atoms with Crippen molar-refractivity contribution in [2.45, 2.75) is 33.2 Å². The van der Waals surface area contributed by atoms with Crippen LogP contribution in [-0.2, 0) is 13.0 Å². The predicted molar refractivity (Wildman–Crippen MR) is 83.6 cm³/mol. The van der Waals surface area contributed by atoms with E-state index in [4.69, 9.17) is 4.74 Å². The van der Waals surface area contributed by atoms with E-state index in [2.05, 4.69) is 19.7 Å². The second-order valence-electron chi connectivity index (χ2n) is 5.11. The Balaban J connectivity index is 1.89. The van der Waals surface area contributed by atoms with Gasteiger partial charge in [-0.25, -0.2) is 9.97 Å². The number of hydrogen-bond acceptors (Lipinski definition) is 5. The van der Waals surface area contributed by atoms with Crippen molar-refractivity contribution in [2.75, 3.05) is 0 Å². The Hall–Kier alpha value is -2.84. The molecule has 0 saturated heterocycles. The lowest BCUT2D eigenvalue weighted by molar-refractivity contribution is -0.274. The van der Waals surface area contributed by atoms with Gasteiger partial charge in [-0.1, -0.05) is 13.0 Å². The number of halogens is 3.